The van der Waals surface area contributed by atoms with E-state index in [0.717, 1.165) is 0 Å². The summed E-state index contributed by atoms with van der Waals surface area (Å²) in [5.41, 5.74) is 1.03. The van der Waals surface area contributed by atoms with Gasteiger partial charge in [0.2, 0.25) is 5.69 Å². The highest BCUT2D eigenvalue weighted by Gasteiger charge is 2.32. The topological polar surface area (TPSA) is 79.2 Å². The summed E-state index contributed by atoms with van der Waals surface area (Å²) in [5.74, 6) is 0.0671. The van der Waals surface area contributed by atoms with Gasteiger partial charge in [-0.25, -0.2) is 19.8 Å². The van der Waals surface area contributed by atoms with Gasteiger partial charge in [-0.2, -0.15) is 0 Å². The molecule has 96 heavy (non-hydrogen) atoms. The number of hydrogen-bond donors (Lipinski definition) is 0. The van der Waals surface area contributed by atoms with Crippen LogP contribution in [0.25, 0.3) is 194 Å². The maximum Gasteiger partial charge on any atom is 0.212 e. The Labute approximate surface area is 586 Å². The van der Waals surface area contributed by atoms with E-state index in [1.807, 2.05) is 0 Å². The lowest BCUT2D eigenvalue weighted by Gasteiger charge is -2.24. The maximum absolute atomic E-state index is 10.4. The van der Waals surface area contributed by atoms with Crippen molar-refractivity contribution >= 4 is 93.2 Å². The van der Waals surface area contributed by atoms with Crippen molar-refractivity contribution in [3.63, 3.8) is 0 Å². The number of furan rings is 2. The van der Waals surface area contributed by atoms with Gasteiger partial charge in [0.05, 0.1) is 85.1 Å². The van der Waals surface area contributed by atoms with Crippen molar-refractivity contribution in [1.29, 1.82) is 0 Å². The zero-order chi connectivity index (χ0) is 85.1. The van der Waals surface area contributed by atoms with Crippen LogP contribution in [0.15, 0.2) is 324 Å². The lowest BCUT2D eigenvalue weighted by atomic mass is 9.94. The van der Waals surface area contributed by atoms with Crippen LogP contribution in [0.1, 0.15) is 34.3 Å². The molecule has 14 aromatic carbocycles. The average molecular weight is 1250 g/mol. The van der Waals surface area contributed by atoms with Crippen molar-refractivity contribution < 1.29 is 43.1 Å². The highest BCUT2D eigenvalue weighted by molar-refractivity contribution is 6.27. The molecule has 0 aliphatic rings. The van der Waals surface area contributed by atoms with Crippen LogP contribution in [0.2, 0.25) is 0 Å². The molecule has 0 saturated carbocycles. The predicted molar refractivity (Wildman–Crippen MR) is 393 cm³/mol. The third-order valence-corrected chi connectivity index (χ3v) is 17.4. The summed E-state index contributed by atoms with van der Waals surface area (Å²) >= 11 is 0. The third-order valence-electron chi connectivity index (χ3n) is 17.4. The fourth-order valence-electron chi connectivity index (χ4n) is 13.3. The third kappa shape index (κ3) is 8.72. The van der Waals surface area contributed by atoms with Crippen LogP contribution < -0.4 is 0 Å². The van der Waals surface area contributed by atoms with E-state index in [-0.39, 0.29) is 156 Å². The summed E-state index contributed by atoms with van der Waals surface area (Å²) in [4.78, 5) is 20.0. The first-order valence-electron chi connectivity index (χ1n) is 42.6. The fraction of sp³-hybridized carbons (Fsp3) is 0. The number of hydrogen-bond acceptors (Lipinski definition) is 5. The van der Waals surface area contributed by atoms with Gasteiger partial charge in [-0.05, 0) is 129 Å². The van der Waals surface area contributed by atoms with Gasteiger partial charge in [0.1, 0.15) is 22.3 Å². The lowest BCUT2D eigenvalue weighted by Crippen LogP contribution is -2.08. The molecule has 8 heteroatoms. The summed E-state index contributed by atoms with van der Waals surface area (Å²) in [5, 5.41) is 2.45. The summed E-state index contributed by atoms with van der Waals surface area (Å²) in [6.07, 6.45) is 0. The molecule has 0 aliphatic heterocycles. The molecule has 5 aromatic heterocycles. The first kappa shape index (κ1) is 35.0. The monoisotopic (exact) mass is 1250 g/mol. The van der Waals surface area contributed by atoms with Crippen molar-refractivity contribution in [3.8, 4) is 101 Å². The van der Waals surface area contributed by atoms with Crippen molar-refractivity contribution in [2.45, 2.75) is 0 Å². The van der Waals surface area contributed by atoms with Gasteiger partial charge in [-0.15, -0.1) is 0 Å². The van der Waals surface area contributed by atoms with Gasteiger partial charge in [-0.1, -0.05) is 236 Å². The second-order valence-corrected chi connectivity index (χ2v) is 22.6. The maximum atomic E-state index is 10.4. The zero-order valence-corrected chi connectivity index (χ0v) is 49.6. The minimum atomic E-state index is -0.824. The van der Waals surface area contributed by atoms with E-state index in [9.17, 15) is 18.9 Å². The minimum absolute atomic E-state index is 0.0476. The van der Waals surface area contributed by atoms with E-state index in [1.165, 1.54) is 18.2 Å². The normalized spacial score (nSPS) is 15.4. The number of fused-ring (bicyclic) bond motifs is 14. The molecular formula is C88H52N6O2. The molecule has 8 nitrogen and oxygen atoms in total. The van der Waals surface area contributed by atoms with Crippen molar-refractivity contribution in [1.82, 2.24) is 24.1 Å². The molecular weight excluding hydrogens is 1170 g/mol. The number of rotatable bonds is 10. The molecule has 0 fully saturated rings. The van der Waals surface area contributed by atoms with Crippen molar-refractivity contribution in [3.05, 3.63) is 326 Å². The molecule has 0 saturated heterocycles. The van der Waals surface area contributed by atoms with Crippen LogP contribution in [-0.2, 0) is 0 Å². The Balaban J connectivity index is 1.03. The zero-order valence-electron chi connectivity index (χ0n) is 74.6. The van der Waals surface area contributed by atoms with Crippen molar-refractivity contribution in [2.75, 3.05) is 0 Å². The van der Waals surface area contributed by atoms with Crippen LogP contribution in [-0.4, -0.2) is 24.1 Å². The molecule has 0 aliphatic carbocycles. The molecule has 0 spiro atoms. The summed E-state index contributed by atoms with van der Waals surface area (Å²) in [7, 11) is 0. The van der Waals surface area contributed by atoms with Gasteiger partial charge in [0, 0.05) is 54.6 Å². The molecule has 0 radical (unpaired) electrons. The van der Waals surface area contributed by atoms with E-state index < -0.39 is 157 Å². The van der Waals surface area contributed by atoms with Crippen LogP contribution in [0.5, 0.6) is 0 Å². The Hall–Kier alpha value is -13.2. The van der Waals surface area contributed by atoms with E-state index in [4.69, 9.17) is 45.7 Å². The van der Waals surface area contributed by atoms with Gasteiger partial charge in [0.15, 0.2) is 17.5 Å². The number of benzene rings is 14. The SMILES string of the molecule is [2H]c1c([2H])c([2H])c(-c2ccc3oc4c(ccc5c4c4cc(-c6c([2H])c([2H])c([2H])c([2H])c6[2H])ccc4n5-c4c([N+]#[C-])cc(-c5nc(-c6ccccc6)nc(-c6ccccc6)n5)c(-n5c6ccc(-c7c([2H])c([2H])c([2H])c([2H])c7[2H])cc6c6c7oc8ccc(-c9c([2H])c([2H])c([2H])c([2H])c9[2H])cc8c7ccc65)c4-c4c([2H])c([2H])c([2H])c([2H])c4[2H])c3c2)c([2H])c1[2H]. The Morgan fingerprint density at radius 1 is 0.312 bits per heavy atom. The highest BCUT2D eigenvalue weighted by atomic mass is 16.3. The summed E-state index contributed by atoms with van der Waals surface area (Å²) < 4.78 is 244. The number of nitrogens with zero attached hydrogens (tertiary/aromatic N) is 6. The molecule has 0 atom stereocenters. The first-order valence-corrected chi connectivity index (χ1v) is 30.1. The van der Waals surface area contributed by atoms with Gasteiger partial charge in [-0.3, -0.25) is 0 Å². The molecule has 5 heterocycles. The second-order valence-electron chi connectivity index (χ2n) is 22.6. The Bertz CT molecular complexity index is 7790. The van der Waals surface area contributed by atoms with Crippen molar-refractivity contribution in [2.24, 2.45) is 0 Å². The van der Waals surface area contributed by atoms with Crippen LogP contribution in [0.3, 0.4) is 0 Å². The summed E-state index contributed by atoms with van der Waals surface area (Å²) in [6.45, 7) is 9.73. The summed E-state index contributed by atoms with van der Waals surface area (Å²) in [6, 6.07) is 29.4. The molecule has 446 valence electrons. The molecule has 0 N–H and O–H groups in total. The van der Waals surface area contributed by atoms with Crippen LogP contribution in [0, 0.1) is 6.57 Å². The highest BCUT2D eigenvalue weighted by Crippen LogP contribution is 2.53. The molecule has 0 amide bonds. The van der Waals surface area contributed by atoms with E-state index in [0.29, 0.717) is 32.7 Å². The quantitative estimate of drug-likeness (QED) is 0.128. The second kappa shape index (κ2) is 22.0. The van der Waals surface area contributed by atoms with E-state index in [1.54, 1.807) is 155 Å². The van der Waals surface area contributed by atoms with E-state index >= 15 is 0 Å². The van der Waals surface area contributed by atoms with Gasteiger partial charge < -0.3 is 18.0 Å². The van der Waals surface area contributed by atoms with Crippen LogP contribution >= 0.6 is 0 Å². The minimum Gasteiger partial charge on any atom is -0.455 e. The Kier molecular flexibility index (Phi) is 8.02. The average Bonchev–Trinajstić information content (AvgIpc) is 1.55. The van der Waals surface area contributed by atoms with Gasteiger partial charge >= 0.3 is 0 Å². The largest absolute Gasteiger partial charge is 0.455 e. The Morgan fingerprint density at radius 3 is 1.09 bits per heavy atom. The lowest BCUT2D eigenvalue weighted by molar-refractivity contribution is 0.672. The number of aromatic nitrogens is 5. The molecule has 19 rings (SSSR count). The van der Waals surface area contributed by atoms with Gasteiger partial charge in [0.25, 0.3) is 0 Å². The standard InChI is InChI=1S/C88H52N6O2/c1-89-72-53-71(88-91-86(59-33-19-7-20-34-59)90-87(92-88)60-35-21-8-22-36-60)82(93-73-43-37-61(54-23-9-2-10-24-54)51-69(73)80-75(93)45-41-65-67-49-63(56-27-13-4-14-28-56)39-47-77(67)95-84(65)80)79(58-31-17-6-18-32-58)83(72)94-74-44-38-62(55-25-11-3-12-26-55)52-70(74)81-76(94)46-42-66-68-50-64(57-29-15-5-16-30-57)40-48-78(68)96-85(66)81/h2-53H/i2D,3D,4D,5D,6D,9D,10D,11D,12D,13D,14D,15D,16D,17D,18D,23D,24D,25D,26D,27D,28D,29D,30D,31D,32D. The Morgan fingerprint density at radius 2 is 0.677 bits per heavy atom. The predicted octanol–water partition coefficient (Wildman–Crippen LogP) is 23.8. The first-order chi connectivity index (χ1) is 57.9. The molecule has 0 unspecified atom stereocenters. The van der Waals surface area contributed by atoms with E-state index in [2.05, 4.69) is 4.85 Å². The fourth-order valence-corrected chi connectivity index (χ4v) is 13.3. The smallest absolute Gasteiger partial charge is 0.212 e. The van der Waals surface area contributed by atoms with Crippen LogP contribution in [0.4, 0.5) is 5.69 Å². The molecule has 0 bridgehead atoms. The molecule has 19 aromatic rings.